The van der Waals surface area contributed by atoms with Crippen molar-refractivity contribution in [2.45, 2.75) is 23.5 Å². The van der Waals surface area contributed by atoms with Crippen molar-refractivity contribution >= 4 is 23.4 Å². The molecule has 0 radical (unpaired) electrons. The van der Waals surface area contributed by atoms with Gasteiger partial charge in [0.25, 0.3) is 5.56 Å². The number of benzene rings is 1. The molecule has 0 spiro atoms. The number of carbonyl (C=O) groups is 1. The van der Waals surface area contributed by atoms with Crippen molar-refractivity contribution in [2.75, 3.05) is 0 Å². The maximum Gasteiger partial charge on any atom is 0.341 e. The van der Waals surface area contributed by atoms with E-state index in [4.69, 9.17) is 4.74 Å². The van der Waals surface area contributed by atoms with Crippen molar-refractivity contribution in [2.24, 2.45) is 0 Å². The predicted octanol–water partition coefficient (Wildman–Crippen LogP) is 3.91. The molecule has 3 aromatic heterocycles. The Morgan fingerprint density at radius 3 is 2.76 bits per heavy atom. The van der Waals surface area contributed by atoms with Gasteiger partial charge >= 0.3 is 5.97 Å². The third-order valence-electron chi connectivity index (χ3n) is 4.16. The maximum absolute atomic E-state index is 12.6. The summed E-state index contributed by atoms with van der Waals surface area (Å²) >= 11 is 1.39. The molecule has 0 atom stereocenters. The molecule has 0 saturated carbocycles. The lowest BCUT2D eigenvalue weighted by molar-refractivity contribution is 0.0462. The van der Waals surface area contributed by atoms with Gasteiger partial charge in [0.1, 0.15) is 17.3 Å². The average molecular weight is 403 g/mol. The van der Waals surface area contributed by atoms with Crippen LogP contribution < -0.4 is 5.56 Å². The van der Waals surface area contributed by atoms with Crippen molar-refractivity contribution in [3.63, 3.8) is 0 Å². The number of hydrogen-bond acceptors (Lipinski definition) is 6. The molecule has 0 saturated heterocycles. The van der Waals surface area contributed by atoms with Crippen molar-refractivity contribution in [3.05, 3.63) is 100 Å². The highest BCUT2D eigenvalue weighted by atomic mass is 32.2. The molecule has 4 rings (SSSR count). The summed E-state index contributed by atoms with van der Waals surface area (Å²) in [5.41, 5.74) is 2.02. The third kappa shape index (κ3) is 4.35. The summed E-state index contributed by atoms with van der Waals surface area (Å²) in [6.45, 7) is 1.81. The minimum atomic E-state index is -0.512. The Kier molecular flexibility index (Phi) is 5.39. The first-order chi connectivity index (χ1) is 14.1. The molecule has 29 heavy (non-hydrogen) atoms. The molecule has 0 N–H and O–H groups in total. The molecule has 4 aromatic rings. The Bertz CT molecular complexity index is 1240. The fourth-order valence-electron chi connectivity index (χ4n) is 2.78. The van der Waals surface area contributed by atoms with Crippen LogP contribution in [0.15, 0.2) is 87.8 Å². The van der Waals surface area contributed by atoms with Crippen LogP contribution in [0.1, 0.15) is 21.6 Å². The number of esters is 1. The Balaban J connectivity index is 1.53. The van der Waals surface area contributed by atoms with Crippen LogP contribution in [0.2, 0.25) is 0 Å². The second kappa shape index (κ2) is 8.28. The van der Waals surface area contributed by atoms with Gasteiger partial charge in [0.15, 0.2) is 0 Å². The van der Waals surface area contributed by atoms with Gasteiger partial charge in [-0.2, -0.15) is 0 Å². The van der Waals surface area contributed by atoms with Crippen LogP contribution in [-0.2, 0) is 11.3 Å². The van der Waals surface area contributed by atoms with E-state index in [0.717, 1.165) is 10.5 Å². The summed E-state index contributed by atoms with van der Waals surface area (Å²) in [7, 11) is 0. The Morgan fingerprint density at radius 1 is 1.10 bits per heavy atom. The summed E-state index contributed by atoms with van der Waals surface area (Å²) in [4.78, 5) is 34.6. The van der Waals surface area contributed by atoms with E-state index in [2.05, 4.69) is 9.97 Å². The smallest absolute Gasteiger partial charge is 0.341 e. The summed E-state index contributed by atoms with van der Waals surface area (Å²) in [6.07, 6.45) is 3.36. The van der Waals surface area contributed by atoms with Crippen LogP contribution in [0.25, 0.3) is 5.65 Å². The first-order valence-corrected chi connectivity index (χ1v) is 9.76. The molecule has 0 bridgehead atoms. The van der Waals surface area contributed by atoms with Gasteiger partial charge in [0, 0.05) is 23.4 Å². The topological polar surface area (TPSA) is 73.6 Å². The average Bonchev–Trinajstić information content (AvgIpc) is 2.74. The number of aryl methyl sites for hydroxylation is 1. The predicted molar refractivity (Wildman–Crippen MR) is 110 cm³/mol. The summed E-state index contributed by atoms with van der Waals surface area (Å²) < 4.78 is 6.89. The van der Waals surface area contributed by atoms with Crippen LogP contribution in [-0.4, -0.2) is 20.3 Å². The minimum absolute atomic E-state index is 0.0945. The monoisotopic (exact) mass is 403 g/mol. The molecule has 0 aliphatic rings. The molecule has 0 aliphatic carbocycles. The van der Waals surface area contributed by atoms with E-state index in [1.807, 2.05) is 43.3 Å². The first-order valence-electron chi connectivity index (χ1n) is 8.94. The van der Waals surface area contributed by atoms with E-state index in [9.17, 15) is 9.59 Å². The number of pyridine rings is 2. The van der Waals surface area contributed by atoms with Gasteiger partial charge in [0.05, 0.1) is 11.3 Å². The number of carbonyl (C=O) groups excluding carboxylic acids is 1. The zero-order valence-electron chi connectivity index (χ0n) is 15.6. The van der Waals surface area contributed by atoms with Gasteiger partial charge in [-0.3, -0.25) is 9.20 Å². The van der Waals surface area contributed by atoms with Crippen LogP contribution in [0.3, 0.4) is 0 Å². The van der Waals surface area contributed by atoms with E-state index >= 15 is 0 Å². The molecule has 6 nitrogen and oxygen atoms in total. The van der Waals surface area contributed by atoms with Crippen molar-refractivity contribution < 1.29 is 9.53 Å². The number of nitrogens with zero attached hydrogens (tertiary/aromatic N) is 3. The van der Waals surface area contributed by atoms with E-state index in [1.54, 1.807) is 30.6 Å². The number of ether oxygens (including phenoxy) is 1. The Hall–Kier alpha value is -3.45. The third-order valence-corrected chi connectivity index (χ3v) is 5.19. The first kappa shape index (κ1) is 18.9. The van der Waals surface area contributed by atoms with Gasteiger partial charge in [-0.05, 0) is 42.8 Å². The number of hydrogen-bond donors (Lipinski definition) is 0. The maximum atomic E-state index is 12.6. The normalized spacial score (nSPS) is 10.8. The number of aromatic nitrogens is 3. The lowest BCUT2D eigenvalue weighted by atomic mass is 10.3. The quantitative estimate of drug-likeness (QED) is 0.471. The van der Waals surface area contributed by atoms with Gasteiger partial charge in [-0.25, -0.2) is 14.8 Å². The summed E-state index contributed by atoms with van der Waals surface area (Å²) in [5.74, 6) is -0.512. The van der Waals surface area contributed by atoms with E-state index < -0.39 is 5.97 Å². The van der Waals surface area contributed by atoms with Gasteiger partial charge in [-0.1, -0.05) is 36.0 Å². The zero-order chi connectivity index (χ0) is 20.2. The minimum Gasteiger partial charge on any atom is -0.456 e. The van der Waals surface area contributed by atoms with Crippen LogP contribution in [0.5, 0.6) is 0 Å². The van der Waals surface area contributed by atoms with Crippen molar-refractivity contribution in [1.29, 1.82) is 0 Å². The van der Waals surface area contributed by atoms with E-state index in [0.29, 0.717) is 21.9 Å². The second-order valence-electron chi connectivity index (χ2n) is 6.37. The Morgan fingerprint density at radius 2 is 1.93 bits per heavy atom. The fourth-order valence-corrected chi connectivity index (χ4v) is 3.67. The van der Waals surface area contributed by atoms with Gasteiger partial charge < -0.3 is 4.74 Å². The van der Waals surface area contributed by atoms with Crippen LogP contribution in [0.4, 0.5) is 0 Å². The second-order valence-corrected chi connectivity index (χ2v) is 7.43. The molecular formula is C22H17N3O3S. The molecule has 3 heterocycles. The fraction of sp³-hybridized carbons (Fsp3) is 0.0909. The standard InChI is InChI=1S/C22H17N3O3S/c1-15-9-10-19-24-16(12-20(26)25(19)13-15)14-28-22(27)18-8-5-11-23-21(18)29-17-6-3-2-4-7-17/h2-13H,14H2,1H3. The summed E-state index contributed by atoms with van der Waals surface area (Å²) in [6, 6.07) is 18.0. The largest absolute Gasteiger partial charge is 0.456 e. The molecule has 0 fully saturated rings. The molecular weight excluding hydrogens is 386 g/mol. The molecule has 144 valence electrons. The van der Waals surface area contributed by atoms with E-state index in [1.165, 1.54) is 22.2 Å². The van der Waals surface area contributed by atoms with Crippen LogP contribution in [0, 0.1) is 6.92 Å². The van der Waals surface area contributed by atoms with Crippen LogP contribution >= 0.6 is 11.8 Å². The summed E-state index contributed by atoms with van der Waals surface area (Å²) in [5, 5.41) is 0.561. The molecule has 0 amide bonds. The SMILES string of the molecule is Cc1ccc2nc(COC(=O)c3cccnc3Sc3ccccc3)cc(=O)n2c1. The van der Waals surface area contributed by atoms with Gasteiger partial charge in [0.2, 0.25) is 0 Å². The van der Waals surface area contributed by atoms with Crippen molar-refractivity contribution in [1.82, 2.24) is 14.4 Å². The van der Waals surface area contributed by atoms with Crippen molar-refractivity contribution in [3.8, 4) is 0 Å². The zero-order valence-corrected chi connectivity index (χ0v) is 16.4. The lowest BCUT2D eigenvalue weighted by Crippen LogP contribution is -2.17. The molecule has 0 unspecified atom stereocenters. The number of fused-ring (bicyclic) bond motifs is 1. The lowest BCUT2D eigenvalue weighted by Gasteiger charge is -2.09. The molecule has 7 heteroatoms. The Labute approximate surface area is 171 Å². The highest BCUT2D eigenvalue weighted by molar-refractivity contribution is 7.99. The molecule has 1 aromatic carbocycles. The van der Waals surface area contributed by atoms with E-state index in [-0.39, 0.29) is 12.2 Å². The highest BCUT2D eigenvalue weighted by Gasteiger charge is 2.15. The highest BCUT2D eigenvalue weighted by Crippen LogP contribution is 2.28. The number of rotatable bonds is 5. The van der Waals surface area contributed by atoms with Gasteiger partial charge in [-0.15, -0.1) is 0 Å². The molecule has 0 aliphatic heterocycles.